The molecule has 6 nitrogen and oxygen atoms in total. The van der Waals surface area contributed by atoms with Gasteiger partial charge in [0, 0.05) is 18.8 Å². The van der Waals surface area contributed by atoms with Gasteiger partial charge in [0.2, 0.25) is 5.95 Å². The zero-order valence-electron chi connectivity index (χ0n) is 14.3. The number of anilines is 1. The lowest BCUT2D eigenvalue weighted by molar-refractivity contribution is 0.427. The monoisotopic (exact) mass is 346 g/mol. The van der Waals surface area contributed by atoms with Crippen molar-refractivity contribution in [2.45, 2.75) is 13.3 Å². The van der Waals surface area contributed by atoms with E-state index in [1.807, 2.05) is 43.3 Å². The van der Waals surface area contributed by atoms with Crippen LogP contribution in [0.4, 0.5) is 5.95 Å². The molecular formula is C20H18N4O2. The summed E-state index contributed by atoms with van der Waals surface area (Å²) in [5.41, 5.74) is 3.48. The van der Waals surface area contributed by atoms with Crippen molar-refractivity contribution in [1.29, 1.82) is 0 Å². The predicted octanol–water partition coefficient (Wildman–Crippen LogP) is 4.35. The lowest BCUT2D eigenvalue weighted by atomic mass is 10.1. The quantitative estimate of drug-likeness (QED) is 0.559. The molecule has 0 bridgehead atoms. The molecule has 1 N–H and O–H groups in total. The number of hydrogen-bond donors (Lipinski definition) is 1. The van der Waals surface area contributed by atoms with Gasteiger partial charge in [-0.05, 0) is 31.0 Å². The van der Waals surface area contributed by atoms with Gasteiger partial charge in [-0.25, -0.2) is 9.97 Å². The summed E-state index contributed by atoms with van der Waals surface area (Å²) in [4.78, 5) is 9.04. The minimum Gasteiger partial charge on any atom is -0.463 e. The van der Waals surface area contributed by atoms with E-state index in [1.54, 1.807) is 12.5 Å². The van der Waals surface area contributed by atoms with Crippen LogP contribution in [0.3, 0.4) is 0 Å². The molecule has 0 radical (unpaired) electrons. The summed E-state index contributed by atoms with van der Waals surface area (Å²) >= 11 is 0. The Balaban J connectivity index is 1.58. The van der Waals surface area contributed by atoms with E-state index in [1.165, 1.54) is 5.56 Å². The van der Waals surface area contributed by atoms with Gasteiger partial charge in [-0.2, -0.15) is 0 Å². The van der Waals surface area contributed by atoms with Crippen molar-refractivity contribution in [1.82, 2.24) is 15.1 Å². The Kier molecular flexibility index (Phi) is 4.47. The Morgan fingerprint density at radius 1 is 1.04 bits per heavy atom. The second-order valence-corrected chi connectivity index (χ2v) is 5.93. The highest BCUT2D eigenvalue weighted by atomic mass is 16.5. The molecule has 6 heteroatoms. The van der Waals surface area contributed by atoms with Gasteiger partial charge in [0.25, 0.3) is 0 Å². The highest BCUT2D eigenvalue weighted by molar-refractivity contribution is 5.75. The summed E-state index contributed by atoms with van der Waals surface area (Å²) in [6.45, 7) is 2.61. The van der Waals surface area contributed by atoms with Crippen LogP contribution >= 0.6 is 0 Å². The molecule has 0 aliphatic heterocycles. The number of hydrogen-bond acceptors (Lipinski definition) is 6. The van der Waals surface area contributed by atoms with E-state index in [0.29, 0.717) is 23.2 Å². The van der Waals surface area contributed by atoms with E-state index >= 15 is 0 Å². The van der Waals surface area contributed by atoms with Crippen LogP contribution in [0.2, 0.25) is 0 Å². The van der Waals surface area contributed by atoms with Crippen LogP contribution in [-0.4, -0.2) is 21.7 Å². The zero-order chi connectivity index (χ0) is 17.8. The Hall–Kier alpha value is -3.41. The maximum Gasteiger partial charge on any atom is 0.223 e. The molecule has 0 unspecified atom stereocenters. The first-order chi connectivity index (χ1) is 12.8. The van der Waals surface area contributed by atoms with Gasteiger partial charge in [0.1, 0.15) is 5.69 Å². The van der Waals surface area contributed by atoms with Gasteiger partial charge >= 0.3 is 0 Å². The molecule has 3 aromatic heterocycles. The van der Waals surface area contributed by atoms with Crippen molar-refractivity contribution in [3.8, 4) is 22.8 Å². The van der Waals surface area contributed by atoms with E-state index < -0.39 is 0 Å². The summed E-state index contributed by atoms with van der Waals surface area (Å²) in [5.74, 6) is 1.82. The second-order valence-electron chi connectivity index (χ2n) is 5.93. The van der Waals surface area contributed by atoms with E-state index in [9.17, 15) is 0 Å². The number of aromatic nitrogens is 3. The van der Waals surface area contributed by atoms with Crippen molar-refractivity contribution < 1.29 is 8.94 Å². The zero-order valence-corrected chi connectivity index (χ0v) is 14.3. The fraction of sp³-hybridized carbons (Fsp3) is 0.150. The Bertz CT molecular complexity index is 978. The first-order valence-corrected chi connectivity index (χ1v) is 8.42. The second kappa shape index (κ2) is 7.23. The lowest BCUT2D eigenvalue weighted by Crippen LogP contribution is -2.08. The van der Waals surface area contributed by atoms with Crippen molar-refractivity contribution in [2.24, 2.45) is 0 Å². The normalized spacial score (nSPS) is 10.8. The van der Waals surface area contributed by atoms with Crippen LogP contribution in [0, 0.1) is 6.92 Å². The molecule has 0 aliphatic rings. The van der Waals surface area contributed by atoms with Gasteiger partial charge < -0.3 is 14.3 Å². The van der Waals surface area contributed by atoms with Gasteiger partial charge in [0.05, 0.1) is 17.5 Å². The van der Waals surface area contributed by atoms with Crippen LogP contribution in [0.5, 0.6) is 0 Å². The molecule has 0 saturated heterocycles. The van der Waals surface area contributed by atoms with Crippen molar-refractivity contribution in [3.05, 3.63) is 72.2 Å². The van der Waals surface area contributed by atoms with Crippen molar-refractivity contribution in [3.63, 3.8) is 0 Å². The lowest BCUT2D eigenvalue weighted by Gasteiger charge is -2.08. The third-order valence-corrected chi connectivity index (χ3v) is 3.98. The van der Waals surface area contributed by atoms with Crippen LogP contribution in [0.15, 0.2) is 69.9 Å². The van der Waals surface area contributed by atoms with Crippen LogP contribution in [-0.2, 0) is 6.42 Å². The average Bonchev–Trinajstić information content (AvgIpc) is 3.34. The van der Waals surface area contributed by atoms with Gasteiger partial charge in [-0.3, -0.25) is 0 Å². The highest BCUT2D eigenvalue weighted by Crippen LogP contribution is 2.31. The number of rotatable bonds is 6. The maximum atomic E-state index is 5.54. The number of nitrogens with zero attached hydrogens (tertiary/aromatic N) is 3. The van der Waals surface area contributed by atoms with Gasteiger partial charge in [0.15, 0.2) is 11.5 Å². The average molecular weight is 346 g/mol. The fourth-order valence-corrected chi connectivity index (χ4v) is 2.70. The molecule has 0 fully saturated rings. The molecule has 26 heavy (non-hydrogen) atoms. The highest BCUT2D eigenvalue weighted by Gasteiger charge is 2.17. The fourth-order valence-electron chi connectivity index (χ4n) is 2.70. The van der Waals surface area contributed by atoms with E-state index in [4.69, 9.17) is 8.94 Å². The molecule has 1 aromatic carbocycles. The van der Waals surface area contributed by atoms with E-state index in [2.05, 4.69) is 32.6 Å². The summed E-state index contributed by atoms with van der Waals surface area (Å²) in [7, 11) is 0. The molecule has 0 atom stereocenters. The van der Waals surface area contributed by atoms with Crippen molar-refractivity contribution >= 4 is 5.95 Å². The first-order valence-electron chi connectivity index (χ1n) is 8.42. The Morgan fingerprint density at radius 3 is 2.65 bits per heavy atom. The number of aryl methyl sites for hydroxylation is 1. The Morgan fingerprint density at radius 2 is 1.92 bits per heavy atom. The third-order valence-electron chi connectivity index (χ3n) is 3.98. The van der Waals surface area contributed by atoms with Crippen molar-refractivity contribution in [2.75, 3.05) is 11.9 Å². The molecule has 0 spiro atoms. The van der Waals surface area contributed by atoms with E-state index in [-0.39, 0.29) is 0 Å². The van der Waals surface area contributed by atoms with Gasteiger partial charge in [-0.1, -0.05) is 35.5 Å². The number of benzene rings is 1. The van der Waals surface area contributed by atoms with E-state index in [0.717, 1.165) is 24.2 Å². The molecule has 130 valence electrons. The van der Waals surface area contributed by atoms with Crippen LogP contribution < -0.4 is 5.32 Å². The molecule has 4 rings (SSSR count). The summed E-state index contributed by atoms with van der Waals surface area (Å²) in [6, 6.07) is 15.8. The number of furan rings is 1. The summed E-state index contributed by atoms with van der Waals surface area (Å²) in [6.07, 6.45) is 4.24. The topological polar surface area (TPSA) is 77.0 Å². The minimum atomic E-state index is 0.548. The Labute approximate surface area is 150 Å². The standard InChI is InChI=1S/C20H18N4O2/c1-14-12-18(26-24-14)16-13-22-20(23-19(16)17-8-5-11-25-17)21-10-9-15-6-3-2-4-7-15/h2-8,11-13H,9-10H2,1H3,(H,21,22,23). The molecule has 3 heterocycles. The maximum absolute atomic E-state index is 5.54. The SMILES string of the molecule is Cc1cc(-c2cnc(NCCc3ccccc3)nc2-c2ccco2)on1. The summed E-state index contributed by atoms with van der Waals surface area (Å²) < 4.78 is 10.9. The molecule has 4 aromatic rings. The summed E-state index contributed by atoms with van der Waals surface area (Å²) in [5, 5.41) is 7.21. The molecule has 0 saturated carbocycles. The smallest absolute Gasteiger partial charge is 0.223 e. The molecule has 0 aliphatic carbocycles. The first kappa shape index (κ1) is 16.1. The molecular weight excluding hydrogens is 328 g/mol. The third kappa shape index (κ3) is 3.49. The van der Waals surface area contributed by atoms with Crippen LogP contribution in [0.1, 0.15) is 11.3 Å². The molecule has 0 amide bonds. The van der Waals surface area contributed by atoms with Gasteiger partial charge in [-0.15, -0.1) is 0 Å². The number of nitrogens with one attached hydrogen (secondary N) is 1. The van der Waals surface area contributed by atoms with Crippen LogP contribution in [0.25, 0.3) is 22.8 Å². The predicted molar refractivity (Wildman–Crippen MR) is 98.6 cm³/mol. The minimum absolute atomic E-state index is 0.548. The largest absolute Gasteiger partial charge is 0.463 e.